The minimum atomic E-state index is 0.902. The Labute approximate surface area is 322 Å². The van der Waals surface area contributed by atoms with E-state index in [0.29, 0.717) is 0 Å². The molecule has 0 bridgehead atoms. The van der Waals surface area contributed by atoms with Gasteiger partial charge < -0.3 is 8.83 Å². The number of fused-ring (bicyclic) bond motifs is 12. The molecule has 0 unspecified atom stereocenters. The molecule has 0 radical (unpaired) electrons. The van der Waals surface area contributed by atoms with Crippen LogP contribution in [-0.2, 0) is 0 Å². The van der Waals surface area contributed by atoms with E-state index in [4.69, 9.17) is 8.83 Å². The Balaban J connectivity index is 0.979. The highest BCUT2D eigenvalue weighted by Gasteiger charge is 2.15. The van der Waals surface area contributed by atoms with Crippen molar-refractivity contribution in [2.75, 3.05) is 0 Å². The van der Waals surface area contributed by atoms with Gasteiger partial charge in [-0.05, 0) is 137 Å². The monoisotopic (exact) mass is 712 g/mol. The van der Waals surface area contributed by atoms with Crippen LogP contribution in [0.1, 0.15) is 0 Å². The molecule has 12 rings (SSSR count). The molecular formula is C54H32O2. The van der Waals surface area contributed by atoms with Gasteiger partial charge in [0, 0.05) is 21.5 Å². The lowest BCUT2D eigenvalue weighted by molar-refractivity contribution is 0.668. The van der Waals surface area contributed by atoms with E-state index in [-0.39, 0.29) is 0 Å². The van der Waals surface area contributed by atoms with E-state index in [9.17, 15) is 0 Å². The lowest BCUT2D eigenvalue weighted by Crippen LogP contribution is -1.86. The summed E-state index contributed by atoms with van der Waals surface area (Å²) in [7, 11) is 0. The minimum Gasteiger partial charge on any atom is -0.456 e. The zero-order valence-corrected chi connectivity index (χ0v) is 30.3. The Morgan fingerprint density at radius 1 is 0.179 bits per heavy atom. The van der Waals surface area contributed by atoms with Crippen molar-refractivity contribution in [2.45, 2.75) is 0 Å². The number of furan rings is 2. The van der Waals surface area contributed by atoms with Gasteiger partial charge in [0.15, 0.2) is 0 Å². The van der Waals surface area contributed by atoms with Gasteiger partial charge in [-0.25, -0.2) is 0 Å². The zero-order chi connectivity index (χ0) is 36.7. The molecule has 2 heteroatoms. The fraction of sp³-hybridized carbons (Fsp3) is 0. The predicted molar refractivity (Wildman–Crippen MR) is 235 cm³/mol. The van der Waals surface area contributed by atoms with Crippen molar-refractivity contribution in [3.8, 4) is 44.5 Å². The first kappa shape index (κ1) is 31.0. The van der Waals surface area contributed by atoms with Crippen molar-refractivity contribution in [1.29, 1.82) is 0 Å². The second-order valence-corrected chi connectivity index (χ2v) is 14.8. The van der Waals surface area contributed by atoms with E-state index in [1.165, 1.54) is 76.8 Å². The van der Waals surface area contributed by atoms with Gasteiger partial charge in [0.2, 0.25) is 0 Å². The Morgan fingerprint density at radius 2 is 0.446 bits per heavy atom. The zero-order valence-electron chi connectivity index (χ0n) is 30.3. The van der Waals surface area contributed by atoms with Gasteiger partial charge in [0.1, 0.15) is 22.3 Å². The summed E-state index contributed by atoms with van der Waals surface area (Å²) in [5, 5.41) is 12.0. The van der Waals surface area contributed by atoms with E-state index in [1.807, 2.05) is 0 Å². The third-order valence-corrected chi connectivity index (χ3v) is 11.7. The van der Waals surface area contributed by atoms with Gasteiger partial charge in [-0.15, -0.1) is 0 Å². The molecule has 0 N–H and O–H groups in total. The molecule has 56 heavy (non-hydrogen) atoms. The van der Waals surface area contributed by atoms with Crippen molar-refractivity contribution in [2.24, 2.45) is 0 Å². The van der Waals surface area contributed by atoms with Gasteiger partial charge >= 0.3 is 0 Å². The molecule has 2 heterocycles. The molecule has 0 saturated carbocycles. The topological polar surface area (TPSA) is 26.3 Å². The van der Waals surface area contributed by atoms with Crippen LogP contribution in [0, 0.1) is 0 Å². The smallest absolute Gasteiger partial charge is 0.135 e. The average molecular weight is 713 g/mol. The van der Waals surface area contributed by atoms with Crippen LogP contribution in [0.25, 0.3) is 121 Å². The van der Waals surface area contributed by atoms with E-state index < -0.39 is 0 Å². The van der Waals surface area contributed by atoms with Crippen LogP contribution in [0.4, 0.5) is 0 Å². The summed E-state index contributed by atoms with van der Waals surface area (Å²) in [6, 6.07) is 69.9. The standard InChI is InChI=1S/C54H32O2/c1-3-9-33(10-4-1)35-17-23-51-47(29-35)49-31-39(19-25-53(49)55-51)37-15-21-43-44-22-16-38(28-46(44)42-14-8-7-13-41(42)45(43)27-37)40-20-26-54-50(32-40)48-30-36(18-24-52(48)56-54)34-11-5-2-6-12-34/h1-32H. The van der Waals surface area contributed by atoms with Crippen LogP contribution >= 0.6 is 0 Å². The molecule has 0 spiro atoms. The second-order valence-electron chi connectivity index (χ2n) is 14.8. The number of benzene rings is 10. The van der Waals surface area contributed by atoms with E-state index in [1.54, 1.807) is 0 Å². The summed E-state index contributed by atoms with van der Waals surface area (Å²) >= 11 is 0. The predicted octanol–water partition coefficient (Wildman–Crippen LogP) is 15.6. The van der Waals surface area contributed by atoms with Crippen LogP contribution in [0.15, 0.2) is 203 Å². The summed E-state index contributed by atoms with van der Waals surface area (Å²) < 4.78 is 12.6. The molecule has 0 atom stereocenters. The van der Waals surface area contributed by atoms with Crippen molar-refractivity contribution in [1.82, 2.24) is 0 Å². The summed E-state index contributed by atoms with van der Waals surface area (Å²) in [5.41, 5.74) is 13.1. The lowest BCUT2D eigenvalue weighted by atomic mass is 9.90. The first-order chi connectivity index (χ1) is 27.7. The van der Waals surface area contributed by atoms with Crippen molar-refractivity contribution < 1.29 is 8.83 Å². The number of hydrogen-bond donors (Lipinski definition) is 0. The maximum atomic E-state index is 6.30. The SMILES string of the molecule is c1ccc(-c2ccc3oc4ccc(-c5ccc6c7ccc(-c8ccc9oc%10ccc(-c%11ccccc%11)cc%10c9c8)cc7c7ccccc7c6c5)cc4c3c2)cc1. The maximum absolute atomic E-state index is 6.30. The molecule has 12 aromatic rings. The highest BCUT2D eigenvalue weighted by molar-refractivity contribution is 6.26. The maximum Gasteiger partial charge on any atom is 0.135 e. The van der Waals surface area contributed by atoms with Gasteiger partial charge in [0.25, 0.3) is 0 Å². The number of rotatable bonds is 4. The normalized spacial score (nSPS) is 11.9. The molecule has 0 aliphatic heterocycles. The average Bonchev–Trinajstić information content (AvgIpc) is 3.83. The van der Waals surface area contributed by atoms with Crippen LogP contribution in [-0.4, -0.2) is 0 Å². The van der Waals surface area contributed by atoms with Gasteiger partial charge in [-0.1, -0.05) is 133 Å². The first-order valence-corrected chi connectivity index (χ1v) is 19.1. The number of hydrogen-bond acceptors (Lipinski definition) is 2. The quantitative estimate of drug-likeness (QED) is 0.170. The largest absolute Gasteiger partial charge is 0.456 e. The van der Waals surface area contributed by atoms with Crippen LogP contribution < -0.4 is 0 Å². The molecule has 0 saturated heterocycles. The fourth-order valence-electron chi connectivity index (χ4n) is 8.85. The Bertz CT molecular complexity index is 3260. The molecule has 0 aliphatic rings. The van der Waals surface area contributed by atoms with Crippen LogP contribution in [0.3, 0.4) is 0 Å². The molecule has 10 aromatic carbocycles. The third kappa shape index (κ3) is 4.83. The van der Waals surface area contributed by atoms with Gasteiger partial charge in [-0.2, -0.15) is 0 Å². The Kier molecular flexibility index (Phi) is 6.66. The fourth-order valence-corrected chi connectivity index (χ4v) is 8.85. The van der Waals surface area contributed by atoms with Crippen LogP contribution in [0.5, 0.6) is 0 Å². The van der Waals surface area contributed by atoms with Crippen molar-refractivity contribution >= 4 is 76.2 Å². The third-order valence-electron chi connectivity index (χ3n) is 11.7. The molecule has 0 amide bonds. The summed E-state index contributed by atoms with van der Waals surface area (Å²) in [6.07, 6.45) is 0. The van der Waals surface area contributed by atoms with E-state index >= 15 is 0 Å². The highest BCUT2D eigenvalue weighted by atomic mass is 16.3. The Hall–Kier alpha value is -7.42. The van der Waals surface area contributed by atoms with Crippen molar-refractivity contribution in [3.05, 3.63) is 194 Å². The van der Waals surface area contributed by atoms with Crippen molar-refractivity contribution in [3.63, 3.8) is 0 Å². The van der Waals surface area contributed by atoms with Gasteiger partial charge in [0.05, 0.1) is 0 Å². The summed E-state index contributed by atoms with van der Waals surface area (Å²) in [4.78, 5) is 0. The molecule has 260 valence electrons. The molecule has 2 nitrogen and oxygen atoms in total. The van der Waals surface area contributed by atoms with E-state index in [0.717, 1.165) is 43.9 Å². The molecular weight excluding hydrogens is 681 g/mol. The highest BCUT2D eigenvalue weighted by Crippen LogP contribution is 2.41. The first-order valence-electron chi connectivity index (χ1n) is 19.1. The Morgan fingerprint density at radius 3 is 0.804 bits per heavy atom. The second kappa shape index (κ2) is 12.0. The summed E-state index contributed by atoms with van der Waals surface area (Å²) in [5.74, 6) is 0. The molecule has 0 fully saturated rings. The molecule has 2 aromatic heterocycles. The minimum absolute atomic E-state index is 0.902. The van der Waals surface area contributed by atoms with Crippen LogP contribution in [0.2, 0.25) is 0 Å². The molecule has 0 aliphatic carbocycles. The lowest BCUT2D eigenvalue weighted by Gasteiger charge is -2.13. The van der Waals surface area contributed by atoms with E-state index in [2.05, 4.69) is 194 Å². The van der Waals surface area contributed by atoms with Gasteiger partial charge in [-0.3, -0.25) is 0 Å². The summed E-state index contributed by atoms with van der Waals surface area (Å²) in [6.45, 7) is 0.